The molecule has 1 rings (SSSR count). The molecule has 0 aliphatic heterocycles. The molecule has 0 aromatic rings. The molecule has 0 aromatic carbocycles. The summed E-state index contributed by atoms with van der Waals surface area (Å²) in [7, 11) is 1.87. The summed E-state index contributed by atoms with van der Waals surface area (Å²) in [6, 6.07) is 0.200. The number of hydrogen-bond donors (Lipinski definition) is 1. The summed E-state index contributed by atoms with van der Waals surface area (Å²) in [5, 5.41) is 3.15. The molecule has 1 aliphatic rings. The van der Waals surface area contributed by atoms with Crippen molar-refractivity contribution in [1.82, 2.24) is 5.32 Å². The maximum atomic E-state index is 12.9. The highest BCUT2D eigenvalue weighted by atomic mass is 19.3. The van der Waals surface area contributed by atoms with Crippen molar-refractivity contribution in [2.24, 2.45) is 5.92 Å². The van der Waals surface area contributed by atoms with Crippen LogP contribution in [0.1, 0.15) is 32.6 Å². The van der Waals surface area contributed by atoms with E-state index in [1.807, 2.05) is 14.0 Å². The molecule has 1 unspecified atom stereocenters. The first-order valence-electron chi connectivity index (χ1n) is 5.17. The lowest BCUT2D eigenvalue weighted by molar-refractivity contribution is -0.0480. The Kier molecular flexibility index (Phi) is 3.65. The van der Waals surface area contributed by atoms with E-state index in [4.69, 9.17) is 0 Å². The lowest BCUT2D eigenvalue weighted by Gasteiger charge is -2.33. The number of halogens is 2. The Morgan fingerprint density at radius 3 is 2.29 bits per heavy atom. The van der Waals surface area contributed by atoms with Gasteiger partial charge in [0.2, 0.25) is 5.92 Å². The van der Waals surface area contributed by atoms with E-state index in [2.05, 4.69) is 11.9 Å². The van der Waals surface area contributed by atoms with E-state index in [-0.39, 0.29) is 18.9 Å². The van der Waals surface area contributed by atoms with Crippen LogP contribution in [-0.4, -0.2) is 19.0 Å². The van der Waals surface area contributed by atoms with Crippen molar-refractivity contribution in [3.63, 3.8) is 0 Å². The molecular weight excluding hydrogens is 184 g/mol. The molecule has 14 heavy (non-hydrogen) atoms. The van der Waals surface area contributed by atoms with Crippen molar-refractivity contribution >= 4 is 0 Å². The van der Waals surface area contributed by atoms with Gasteiger partial charge >= 0.3 is 0 Å². The molecule has 1 fully saturated rings. The molecule has 0 radical (unpaired) electrons. The zero-order valence-corrected chi connectivity index (χ0v) is 8.95. The summed E-state index contributed by atoms with van der Waals surface area (Å²) in [5.41, 5.74) is 1.04. The first-order chi connectivity index (χ1) is 6.46. The van der Waals surface area contributed by atoms with Gasteiger partial charge in [-0.3, -0.25) is 0 Å². The quantitative estimate of drug-likeness (QED) is 0.695. The average molecular weight is 203 g/mol. The summed E-state index contributed by atoms with van der Waals surface area (Å²) in [6.07, 6.45) is 1.27. The monoisotopic (exact) mass is 203 g/mol. The van der Waals surface area contributed by atoms with Gasteiger partial charge in [0.1, 0.15) is 0 Å². The van der Waals surface area contributed by atoms with Crippen LogP contribution in [0, 0.1) is 5.92 Å². The van der Waals surface area contributed by atoms with Crippen LogP contribution in [0.4, 0.5) is 8.78 Å². The third-order valence-electron chi connectivity index (χ3n) is 3.08. The molecule has 0 aromatic heterocycles. The van der Waals surface area contributed by atoms with E-state index < -0.39 is 5.92 Å². The van der Waals surface area contributed by atoms with Gasteiger partial charge in [-0.15, -0.1) is 0 Å². The van der Waals surface area contributed by atoms with Crippen molar-refractivity contribution in [3.8, 4) is 0 Å². The van der Waals surface area contributed by atoms with Crippen LogP contribution in [0.25, 0.3) is 0 Å². The van der Waals surface area contributed by atoms with Gasteiger partial charge < -0.3 is 5.32 Å². The van der Waals surface area contributed by atoms with Gasteiger partial charge in [-0.2, -0.15) is 0 Å². The van der Waals surface area contributed by atoms with E-state index >= 15 is 0 Å². The minimum absolute atomic E-state index is 0.0309. The Labute approximate surface area is 84.6 Å². The molecule has 1 N–H and O–H groups in total. The van der Waals surface area contributed by atoms with E-state index in [9.17, 15) is 8.78 Å². The molecule has 1 nitrogen and oxygen atoms in total. The molecule has 0 bridgehead atoms. The summed E-state index contributed by atoms with van der Waals surface area (Å²) >= 11 is 0. The van der Waals surface area contributed by atoms with Gasteiger partial charge in [0.15, 0.2) is 0 Å². The van der Waals surface area contributed by atoms with Crippen LogP contribution in [0.15, 0.2) is 12.2 Å². The minimum atomic E-state index is -2.43. The Balaban J connectivity index is 2.51. The molecule has 1 aliphatic carbocycles. The second-order valence-corrected chi connectivity index (χ2v) is 4.31. The van der Waals surface area contributed by atoms with E-state index in [0.29, 0.717) is 18.8 Å². The van der Waals surface area contributed by atoms with Crippen molar-refractivity contribution < 1.29 is 8.78 Å². The number of likely N-dealkylation sites (N-methyl/N-ethyl adjacent to an activating group) is 1. The first kappa shape index (κ1) is 11.6. The third-order valence-corrected chi connectivity index (χ3v) is 3.08. The highest BCUT2D eigenvalue weighted by Gasteiger charge is 2.37. The van der Waals surface area contributed by atoms with E-state index in [1.165, 1.54) is 0 Å². The van der Waals surface area contributed by atoms with E-state index in [1.54, 1.807) is 0 Å². The van der Waals surface area contributed by atoms with E-state index in [0.717, 1.165) is 5.57 Å². The van der Waals surface area contributed by atoms with Crippen molar-refractivity contribution in [2.45, 2.75) is 44.6 Å². The van der Waals surface area contributed by atoms with Gasteiger partial charge in [0, 0.05) is 18.9 Å². The predicted molar refractivity (Wildman–Crippen MR) is 54.6 cm³/mol. The zero-order valence-electron chi connectivity index (χ0n) is 8.95. The van der Waals surface area contributed by atoms with Crippen LogP contribution in [0.5, 0.6) is 0 Å². The molecular formula is C11H19F2N. The number of alkyl halides is 2. The Hall–Kier alpha value is -0.440. The lowest BCUT2D eigenvalue weighted by Crippen LogP contribution is -2.38. The lowest BCUT2D eigenvalue weighted by atomic mass is 9.80. The van der Waals surface area contributed by atoms with Crippen molar-refractivity contribution in [3.05, 3.63) is 12.2 Å². The molecule has 1 saturated carbocycles. The van der Waals surface area contributed by atoms with Crippen LogP contribution < -0.4 is 5.32 Å². The molecule has 3 heteroatoms. The number of nitrogens with one attached hydrogen (secondary N) is 1. The Morgan fingerprint density at radius 2 is 1.93 bits per heavy atom. The van der Waals surface area contributed by atoms with Crippen molar-refractivity contribution in [1.29, 1.82) is 0 Å². The number of rotatable bonds is 3. The first-order valence-corrected chi connectivity index (χ1v) is 5.17. The summed E-state index contributed by atoms with van der Waals surface area (Å²) in [4.78, 5) is 0. The molecule has 1 atom stereocenters. The molecule has 0 amide bonds. The maximum absolute atomic E-state index is 12.9. The van der Waals surface area contributed by atoms with Crippen LogP contribution in [-0.2, 0) is 0 Å². The molecule has 82 valence electrons. The maximum Gasteiger partial charge on any atom is 0.248 e. The predicted octanol–water partition coefficient (Wildman–Crippen LogP) is 2.98. The fourth-order valence-electron chi connectivity index (χ4n) is 2.28. The fraction of sp³-hybridized carbons (Fsp3) is 0.818. The summed E-state index contributed by atoms with van der Waals surface area (Å²) in [6.45, 7) is 5.84. The second kappa shape index (κ2) is 4.39. The normalized spacial score (nSPS) is 24.6. The van der Waals surface area contributed by atoms with Gasteiger partial charge in [-0.25, -0.2) is 8.78 Å². The van der Waals surface area contributed by atoms with Crippen LogP contribution in [0.3, 0.4) is 0 Å². The zero-order chi connectivity index (χ0) is 10.8. The Bertz CT molecular complexity index is 203. The smallest absolute Gasteiger partial charge is 0.248 e. The summed E-state index contributed by atoms with van der Waals surface area (Å²) in [5.74, 6) is -2.10. The second-order valence-electron chi connectivity index (χ2n) is 4.31. The highest BCUT2D eigenvalue weighted by molar-refractivity contribution is 5.05. The van der Waals surface area contributed by atoms with Crippen molar-refractivity contribution in [2.75, 3.05) is 7.05 Å². The Morgan fingerprint density at radius 1 is 1.43 bits per heavy atom. The fourth-order valence-corrected chi connectivity index (χ4v) is 2.28. The SMILES string of the molecule is C=C(C)C(NC)C1CCC(F)(F)CC1. The standard InChI is InChI=1S/C11H19F2N/c1-8(2)10(14-3)9-4-6-11(12,13)7-5-9/h9-10,14H,1,4-7H2,2-3H3. The number of hydrogen-bond acceptors (Lipinski definition) is 1. The minimum Gasteiger partial charge on any atom is -0.313 e. The van der Waals surface area contributed by atoms with Crippen LogP contribution in [0.2, 0.25) is 0 Å². The molecule has 0 spiro atoms. The third kappa shape index (κ3) is 2.77. The highest BCUT2D eigenvalue weighted by Crippen LogP contribution is 2.38. The van der Waals surface area contributed by atoms with Gasteiger partial charge in [0.05, 0.1) is 0 Å². The molecule has 0 saturated heterocycles. The van der Waals surface area contributed by atoms with Gasteiger partial charge in [0.25, 0.3) is 0 Å². The van der Waals surface area contributed by atoms with Crippen LogP contribution >= 0.6 is 0 Å². The molecule has 0 heterocycles. The largest absolute Gasteiger partial charge is 0.313 e. The van der Waals surface area contributed by atoms with Gasteiger partial charge in [-0.05, 0) is 32.7 Å². The average Bonchev–Trinajstić information content (AvgIpc) is 2.08. The summed E-state index contributed by atoms with van der Waals surface area (Å²) < 4.78 is 25.8. The van der Waals surface area contributed by atoms with Gasteiger partial charge in [-0.1, -0.05) is 12.2 Å². The topological polar surface area (TPSA) is 12.0 Å².